The Kier molecular flexibility index (Phi) is 20.7. The van der Waals surface area contributed by atoms with Crippen molar-refractivity contribution in [1.82, 2.24) is 0 Å². The Morgan fingerprint density at radius 2 is 1.00 bits per heavy atom. The van der Waals surface area contributed by atoms with E-state index in [0.717, 1.165) is 17.1 Å². The molecule has 0 aromatic rings. The molecule has 0 aromatic heterocycles. The second-order valence-electron chi connectivity index (χ2n) is 9.63. The third-order valence-electron chi connectivity index (χ3n) is 5.92. The number of sulfonamides is 2. The number of ether oxygens (including phenoxy) is 2. The van der Waals surface area contributed by atoms with Crippen molar-refractivity contribution in [2.24, 2.45) is 0 Å². The van der Waals surface area contributed by atoms with Crippen molar-refractivity contribution in [1.29, 1.82) is 0 Å². The van der Waals surface area contributed by atoms with E-state index in [9.17, 15) is 52.8 Å². The summed E-state index contributed by atoms with van der Waals surface area (Å²) in [7, 11) is -11.3. The highest BCUT2D eigenvalue weighted by atomic mass is 32.3. The van der Waals surface area contributed by atoms with Crippen LogP contribution in [0.2, 0.25) is 0 Å². The van der Waals surface area contributed by atoms with Crippen LogP contribution in [0.4, 0.5) is 26.3 Å². The van der Waals surface area contributed by atoms with Gasteiger partial charge in [-0.1, -0.05) is 71.4 Å². The first-order chi connectivity index (χ1) is 19.7. The zero-order chi connectivity index (χ0) is 33.8. The van der Waals surface area contributed by atoms with Crippen molar-refractivity contribution in [3.05, 3.63) is 29.4 Å². The van der Waals surface area contributed by atoms with Gasteiger partial charge in [-0.15, -0.1) is 0 Å². The number of hydrogen-bond acceptors (Lipinski definition) is 8. The molecular formula is C25H42F6N2O8S2. The molecule has 0 aliphatic rings. The normalized spacial score (nSPS) is 12.6. The van der Waals surface area contributed by atoms with Gasteiger partial charge in [-0.2, -0.15) is 26.3 Å². The van der Waals surface area contributed by atoms with Crippen LogP contribution in [0.25, 0.3) is 4.13 Å². The van der Waals surface area contributed by atoms with Crippen LogP contribution in [0.5, 0.6) is 0 Å². The smallest absolute Gasteiger partial charge is 0.457 e. The molecule has 0 N–H and O–H groups in total. The van der Waals surface area contributed by atoms with Gasteiger partial charge in [0, 0.05) is 12.2 Å². The Balaban J connectivity index is 0. The number of likely N-dealkylation sites (N-methyl/N-ethyl adjacent to an activating group) is 1. The predicted molar refractivity (Wildman–Crippen MR) is 148 cm³/mol. The molecule has 0 aliphatic heterocycles. The third-order valence-corrected chi connectivity index (χ3v) is 8.66. The van der Waals surface area contributed by atoms with Gasteiger partial charge in [-0.3, -0.25) is 0 Å². The molecule has 0 amide bonds. The summed E-state index contributed by atoms with van der Waals surface area (Å²) in [5, 5.41) is 0. The fourth-order valence-corrected chi connectivity index (χ4v) is 5.09. The van der Waals surface area contributed by atoms with E-state index in [2.05, 4.69) is 27.1 Å². The molecule has 0 rings (SSSR count). The molecule has 0 atom stereocenters. The van der Waals surface area contributed by atoms with Crippen molar-refractivity contribution in [3.8, 4) is 0 Å². The minimum absolute atomic E-state index is 0.342. The van der Waals surface area contributed by atoms with Crippen molar-refractivity contribution in [2.75, 3.05) is 39.9 Å². The molecule has 0 heterocycles. The molecule has 0 spiro atoms. The largest absolute Gasteiger partial charge is 0.480 e. The minimum atomic E-state index is -6.72. The monoisotopic (exact) mass is 676 g/mol. The van der Waals surface area contributed by atoms with Crippen LogP contribution in [0.15, 0.2) is 25.3 Å². The molecule has 18 heteroatoms. The van der Waals surface area contributed by atoms with Crippen LogP contribution in [0.1, 0.15) is 71.1 Å². The van der Waals surface area contributed by atoms with E-state index in [1.54, 1.807) is 0 Å². The Morgan fingerprint density at radius 3 is 1.30 bits per heavy atom. The van der Waals surface area contributed by atoms with Gasteiger partial charge in [-0.05, 0) is 12.8 Å². The standard InChI is InChI=1S/C23H42NO4.C2F6NO4S2/c1-5-8-9-10-11-12-13-14-15-16-17-24(4,18-20-27-22(25)6-2)19-21-28-23(26)7-3;3-1(4,5)14(10,11)9-15(12,13)2(6,7)8/h6-7H,2-3,5,8-21H2,1,4H3;/q+1;-1. The third kappa shape index (κ3) is 20.4. The SMILES string of the molecule is C=CC(=O)OCC[N+](C)(CCCCCCCCCCCC)CCOC(=O)C=C.O=S(=O)([N-]S(=O)(=O)C(F)(F)F)C(F)(F)F. The second-order valence-corrected chi connectivity index (χ2v) is 13.1. The van der Waals surface area contributed by atoms with E-state index < -0.39 is 43.0 Å². The lowest BCUT2D eigenvalue weighted by molar-refractivity contribution is -0.910. The number of carbonyl (C=O) groups excluding carboxylic acids is 2. The first kappa shape index (κ1) is 43.0. The van der Waals surface area contributed by atoms with Gasteiger partial charge >= 0.3 is 23.0 Å². The lowest BCUT2D eigenvalue weighted by Crippen LogP contribution is -2.49. The molecule has 0 aromatic carbocycles. The fourth-order valence-electron chi connectivity index (χ4n) is 3.38. The van der Waals surface area contributed by atoms with Gasteiger partial charge in [0.25, 0.3) is 0 Å². The molecule has 0 aliphatic carbocycles. The fraction of sp³-hybridized carbons (Fsp3) is 0.760. The Labute approximate surface area is 250 Å². The van der Waals surface area contributed by atoms with Crippen LogP contribution in [0.3, 0.4) is 0 Å². The molecule has 254 valence electrons. The maximum Gasteiger partial charge on any atom is 0.480 e. The highest BCUT2D eigenvalue weighted by Gasteiger charge is 2.46. The number of unbranched alkanes of at least 4 members (excludes halogenated alkanes) is 9. The number of hydrogen-bond donors (Lipinski definition) is 0. The zero-order valence-corrected chi connectivity index (χ0v) is 26.1. The van der Waals surface area contributed by atoms with Gasteiger partial charge in [0.1, 0.15) is 26.3 Å². The molecule has 0 radical (unpaired) electrons. The zero-order valence-electron chi connectivity index (χ0n) is 24.4. The summed E-state index contributed by atoms with van der Waals surface area (Å²) < 4.78 is 120. The van der Waals surface area contributed by atoms with Gasteiger partial charge in [0.05, 0.1) is 13.6 Å². The summed E-state index contributed by atoms with van der Waals surface area (Å²) in [4.78, 5) is 22.5. The lowest BCUT2D eigenvalue weighted by atomic mass is 10.1. The molecule has 43 heavy (non-hydrogen) atoms. The number of quaternary nitrogens is 1. The number of nitrogens with zero attached hydrogens (tertiary/aromatic N) is 2. The molecule has 0 unspecified atom stereocenters. The van der Waals surface area contributed by atoms with E-state index in [4.69, 9.17) is 9.47 Å². The predicted octanol–water partition coefficient (Wildman–Crippen LogP) is 5.87. The highest BCUT2D eigenvalue weighted by molar-refractivity contribution is 8.13. The Hall–Kier alpha value is -2.18. The average Bonchev–Trinajstić information content (AvgIpc) is 2.88. The Morgan fingerprint density at radius 1 is 0.674 bits per heavy atom. The Bertz CT molecular complexity index is 995. The van der Waals surface area contributed by atoms with Crippen LogP contribution in [-0.2, 0) is 39.1 Å². The number of halogens is 6. The van der Waals surface area contributed by atoms with Crippen molar-refractivity contribution in [2.45, 2.75) is 82.1 Å². The van der Waals surface area contributed by atoms with E-state index in [1.165, 1.54) is 69.9 Å². The average molecular weight is 677 g/mol. The minimum Gasteiger partial charge on any atom is -0.457 e. The van der Waals surface area contributed by atoms with Crippen LogP contribution in [0, 0.1) is 0 Å². The van der Waals surface area contributed by atoms with E-state index in [-0.39, 0.29) is 0 Å². The summed E-state index contributed by atoms with van der Waals surface area (Å²) in [6.07, 6.45) is 15.4. The summed E-state index contributed by atoms with van der Waals surface area (Å²) in [5.41, 5.74) is -12.4. The van der Waals surface area contributed by atoms with Gasteiger partial charge in [-0.25, -0.2) is 26.4 Å². The van der Waals surface area contributed by atoms with Crippen LogP contribution >= 0.6 is 0 Å². The van der Waals surface area contributed by atoms with E-state index in [1.807, 2.05) is 0 Å². The van der Waals surface area contributed by atoms with Crippen LogP contribution < -0.4 is 0 Å². The number of carbonyl (C=O) groups is 2. The van der Waals surface area contributed by atoms with Crippen molar-refractivity contribution < 1.29 is 66.7 Å². The second kappa shape index (κ2) is 20.7. The lowest BCUT2D eigenvalue weighted by Gasteiger charge is -2.34. The number of alkyl halides is 6. The maximum atomic E-state index is 11.4. The molecule has 0 bridgehead atoms. The first-order valence-corrected chi connectivity index (χ1v) is 16.3. The summed E-state index contributed by atoms with van der Waals surface area (Å²) in [5.74, 6) is -0.799. The molecule has 10 nitrogen and oxygen atoms in total. The highest BCUT2D eigenvalue weighted by Crippen LogP contribution is 2.36. The van der Waals surface area contributed by atoms with Crippen molar-refractivity contribution in [3.63, 3.8) is 0 Å². The quantitative estimate of drug-likeness (QED) is 0.0484. The number of rotatable bonds is 21. The van der Waals surface area contributed by atoms with E-state index in [0.29, 0.717) is 30.8 Å². The summed E-state index contributed by atoms with van der Waals surface area (Å²) in [6.45, 7) is 12.1. The first-order valence-electron chi connectivity index (χ1n) is 13.5. The van der Waals surface area contributed by atoms with Gasteiger partial charge in [0.2, 0.25) is 0 Å². The topological polar surface area (TPSA) is 135 Å². The summed E-state index contributed by atoms with van der Waals surface area (Å²) in [6, 6.07) is 0. The van der Waals surface area contributed by atoms with Crippen molar-refractivity contribution >= 4 is 32.0 Å². The molecule has 0 fully saturated rings. The number of esters is 2. The van der Waals surface area contributed by atoms with E-state index >= 15 is 0 Å². The maximum absolute atomic E-state index is 11.4. The molecular weight excluding hydrogens is 634 g/mol. The van der Waals surface area contributed by atoms with Crippen LogP contribution in [-0.4, -0.2) is 84.2 Å². The van der Waals surface area contributed by atoms with Gasteiger partial charge in [0.15, 0.2) is 20.0 Å². The molecule has 0 saturated carbocycles. The molecule has 0 saturated heterocycles. The van der Waals surface area contributed by atoms with Gasteiger partial charge < -0.3 is 18.1 Å². The summed E-state index contributed by atoms with van der Waals surface area (Å²) >= 11 is 0.